The van der Waals surface area contributed by atoms with Gasteiger partial charge >= 0.3 is 6.18 Å². The molecule has 0 amide bonds. The second-order valence-electron chi connectivity index (χ2n) is 8.94. The zero-order valence-corrected chi connectivity index (χ0v) is 22.6. The van der Waals surface area contributed by atoms with E-state index >= 15 is 0 Å². The summed E-state index contributed by atoms with van der Waals surface area (Å²) in [4.78, 5) is 4.81. The molecule has 1 aromatic carbocycles. The maximum Gasteiger partial charge on any atom is 0.435 e. The van der Waals surface area contributed by atoms with Gasteiger partial charge in [0, 0.05) is 23.6 Å². The summed E-state index contributed by atoms with van der Waals surface area (Å²) in [5, 5.41) is 4.32. The van der Waals surface area contributed by atoms with E-state index in [-0.39, 0.29) is 22.0 Å². The summed E-state index contributed by atoms with van der Waals surface area (Å²) in [7, 11) is -7.13. The summed E-state index contributed by atoms with van der Waals surface area (Å²) in [6, 6.07) is 13.7. The molecule has 0 saturated carbocycles. The first-order valence-corrected chi connectivity index (χ1v) is 15.3. The Hall–Kier alpha value is -3.03. The Morgan fingerprint density at radius 1 is 0.892 bits per heavy atom. The minimum Gasteiger partial charge on any atom is -0.250 e. The molecule has 0 saturated heterocycles. The van der Waals surface area contributed by atoms with Crippen LogP contribution in [-0.2, 0) is 30.6 Å². The molecular weight excluding hydrogens is 547 g/mol. The number of hydrogen-bond donors (Lipinski definition) is 0. The Labute approximate surface area is 216 Å². The third-order valence-electron chi connectivity index (χ3n) is 5.94. The molecule has 4 aromatic rings. The van der Waals surface area contributed by atoms with Crippen molar-refractivity contribution in [2.75, 3.05) is 12.5 Å². The lowest BCUT2D eigenvalue weighted by atomic mass is 10.1. The highest BCUT2D eigenvalue weighted by Gasteiger charge is 2.39. The lowest BCUT2D eigenvalue weighted by molar-refractivity contribution is -0.141. The number of pyridine rings is 1. The fraction of sp³-hybridized carbons (Fsp3) is 0.250. The number of alkyl halides is 3. The first-order valence-electron chi connectivity index (χ1n) is 10.7. The highest BCUT2D eigenvalue weighted by atomic mass is 32.2. The van der Waals surface area contributed by atoms with Crippen LogP contribution in [0.2, 0.25) is 0 Å². The predicted molar refractivity (Wildman–Crippen MR) is 136 cm³/mol. The third-order valence-corrected chi connectivity index (χ3v) is 10.3. The molecule has 13 heteroatoms. The van der Waals surface area contributed by atoms with Crippen LogP contribution in [0.25, 0.3) is 26.7 Å². The molecular formula is C24H22F3N3O4S3. The molecule has 196 valence electrons. The maximum atomic E-state index is 13.8. The first kappa shape index (κ1) is 27.0. The Morgan fingerprint density at radius 2 is 1.57 bits per heavy atom. The van der Waals surface area contributed by atoms with Crippen molar-refractivity contribution >= 4 is 31.0 Å². The predicted octanol–water partition coefficient (Wildman–Crippen LogP) is 5.36. The summed E-state index contributed by atoms with van der Waals surface area (Å²) in [6.07, 6.45) is -1.62. The van der Waals surface area contributed by atoms with Crippen LogP contribution in [0.1, 0.15) is 25.2 Å². The van der Waals surface area contributed by atoms with Gasteiger partial charge in [-0.1, -0.05) is 12.1 Å². The van der Waals surface area contributed by atoms with E-state index in [1.807, 2.05) is 0 Å². The molecule has 0 fully saturated rings. The van der Waals surface area contributed by atoms with Gasteiger partial charge in [-0.3, -0.25) is 0 Å². The van der Waals surface area contributed by atoms with Gasteiger partial charge in [0.1, 0.15) is 4.75 Å². The lowest BCUT2D eigenvalue weighted by Crippen LogP contribution is -2.28. The standard InChI is InChI=1S/C24H22F3N3O4S3/c1-23(2,37(4,33)34)21-14-18(30(29-21)17-9-6-12-28-22(17)24(25,26)27)20-11-10-19(35-20)15-7-5-8-16(13-15)36(3,31)32/h5-14H,1-4H3. The van der Waals surface area contributed by atoms with Gasteiger partial charge in [-0.25, -0.2) is 26.5 Å². The van der Waals surface area contributed by atoms with Crippen LogP contribution in [0.4, 0.5) is 13.2 Å². The Kier molecular flexibility index (Phi) is 6.62. The third kappa shape index (κ3) is 5.20. The van der Waals surface area contributed by atoms with E-state index in [1.54, 1.807) is 24.3 Å². The van der Waals surface area contributed by atoms with Gasteiger partial charge < -0.3 is 0 Å². The number of nitrogens with zero attached hydrogens (tertiary/aromatic N) is 3. The molecule has 0 bridgehead atoms. The monoisotopic (exact) mass is 569 g/mol. The minimum absolute atomic E-state index is 0.0657. The molecule has 37 heavy (non-hydrogen) atoms. The van der Waals surface area contributed by atoms with Crippen molar-refractivity contribution in [3.8, 4) is 26.7 Å². The van der Waals surface area contributed by atoms with E-state index in [4.69, 9.17) is 0 Å². The number of aromatic nitrogens is 3. The second kappa shape index (κ2) is 9.07. The van der Waals surface area contributed by atoms with Crippen LogP contribution in [0.5, 0.6) is 0 Å². The topological polar surface area (TPSA) is 99.0 Å². The Morgan fingerprint density at radius 3 is 2.19 bits per heavy atom. The number of thiophene rings is 1. The number of rotatable bonds is 6. The SMILES string of the molecule is CC(C)(c1cc(-c2ccc(-c3cccc(S(C)(=O)=O)c3)s2)n(-c2cccnc2C(F)(F)F)n1)S(C)(=O)=O. The largest absolute Gasteiger partial charge is 0.435 e. The van der Waals surface area contributed by atoms with Gasteiger partial charge in [-0.05, 0) is 61.9 Å². The summed E-state index contributed by atoms with van der Waals surface area (Å²) in [6.45, 7) is 2.87. The summed E-state index contributed by atoms with van der Waals surface area (Å²) >= 11 is 1.21. The normalized spacial score (nSPS) is 13.2. The molecule has 0 aliphatic heterocycles. The number of hydrogen-bond acceptors (Lipinski definition) is 7. The highest BCUT2D eigenvalue weighted by Crippen LogP contribution is 2.40. The zero-order chi connectivity index (χ0) is 27.4. The quantitative estimate of drug-likeness (QED) is 0.310. The molecule has 3 aromatic heterocycles. The average Bonchev–Trinajstić information content (AvgIpc) is 3.45. The van der Waals surface area contributed by atoms with Crippen LogP contribution in [0.15, 0.2) is 65.7 Å². The maximum absolute atomic E-state index is 13.8. The van der Waals surface area contributed by atoms with E-state index in [0.717, 1.165) is 23.4 Å². The zero-order valence-electron chi connectivity index (χ0n) is 20.1. The van der Waals surface area contributed by atoms with Crippen LogP contribution < -0.4 is 0 Å². The fourth-order valence-electron chi connectivity index (χ4n) is 3.52. The minimum atomic E-state index is -4.78. The van der Waals surface area contributed by atoms with Gasteiger partial charge in [0.15, 0.2) is 25.4 Å². The first-order chi connectivity index (χ1) is 17.0. The van der Waals surface area contributed by atoms with E-state index in [2.05, 4.69) is 10.1 Å². The van der Waals surface area contributed by atoms with Gasteiger partial charge in [0.05, 0.1) is 26.8 Å². The van der Waals surface area contributed by atoms with Crippen molar-refractivity contribution in [2.45, 2.75) is 29.7 Å². The number of halogens is 3. The van der Waals surface area contributed by atoms with E-state index in [1.165, 1.54) is 55.5 Å². The number of sulfone groups is 2. The van der Waals surface area contributed by atoms with Crippen LogP contribution in [0, 0.1) is 0 Å². The van der Waals surface area contributed by atoms with Crippen molar-refractivity contribution in [1.29, 1.82) is 0 Å². The molecule has 4 rings (SSSR count). The van der Waals surface area contributed by atoms with E-state index in [9.17, 15) is 30.0 Å². The van der Waals surface area contributed by atoms with Gasteiger partial charge in [-0.15, -0.1) is 11.3 Å². The van der Waals surface area contributed by atoms with E-state index < -0.39 is 36.3 Å². The highest BCUT2D eigenvalue weighted by molar-refractivity contribution is 7.91. The summed E-state index contributed by atoms with van der Waals surface area (Å²) < 4.78 is 89.9. The van der Waals surface area contributed by atoms with Crippen molar-refractivity contribution in [1.82, 2.24) is 14.8 Å². The molecule has 0 spiro atoms. The Bertz CT molecular complexity index is 1700. The van der Waals surface area contributed by atoms with Crippen molar-refractivity contribution in [2.24, 2.45) is 0 Å². The lowest BCUT2D eigenvalue weighted by Gasteiger charge is -2.19. The second-order valence-corrected chi connectivity index (χ2v) is 14.6. The fourth-order valence-corrected chi connectivity index (χ4v) is 5.67. The van der Waals surface area contributed by atoms with Crippen LogP contribution >= 0.6 is 11.3 Å². The van der Waals surface area contributed by atoms with Crippen molar-refractivity contribution < 1.29 is 30.0 Å². The van der Waals surface area contributed by atoms with Crippen molar-refractivity contribution in [3.63, 3.8) is 0 Å². The molecule has 0 aliphatic rings. The summed E-state index contributed by atoms with van der Waals surface area (Å²) in [5.41, 5.74) is -0.605. The van der Waals surface area contributed by atoms with E-state index in [0.29, 0.717) is 15.3 Å². The molecule has 3 heterocycles. The molecule has 0 unspecified atom stereocenters. The van der Waals surface area contributed by atoms with Crippen LogP contribution in [0.3, 0.4) is 0 Å². The molecule has 0 aliphatic carbocycles. The van der Waals surface area contributed by atoms with Gasteiger partial charge in [-0.2, -0.15) is 18.3 Å². The van der Waals surface area contributed by atoms with Crippen LogP contribution in [-0.4, -0.2) is 44.1 Å². The Balaban J connectivity index is 1.94. The van der Waals surface area contributed by atoms with Gasteiger partial charge in [0.2, 0.25) is 0 Å². The number of benzene rings is 1. The average molecular weight is 570 g/mol. The molecule has 0 N–H and O–H groups in total. The molecule has 0 atom stereocenters. The summed E-state index contributed by atoms with van der Waals surface area (Å²) in [5.74, 6) is 0. The smallest absolute Gasteiger partial charge is 0.250 e. The molecule has 0 radical (unpaired) electrons. The van der Waals surface area contributed by atoms with Gasteiger partial charge in [0.25, 0.3) is 0 Å². The molecule has 7 nitrogen and oxygen atoms in total. The van der Waals surface area contributed by atoms with Crippen molar-refractivity contribution in [3.05, 3.63) is 72.2 Å².